The summed E-state index contributed by atoms with van der Waals surface area (Å²) >= 11 is 5.89. The van der Waals surface area contributed by atoms with Gasteiger partial charge in [-0.15, -0.1) is 0 Å². The minimum atomic E-state index is -0.464. The second-order valence-corrected chi connectivity index (χ2v) is 10.1. The molecule has 1 fully saturated rings. The standard InChI is InChI=1S/C27H34ClNO4/c1-27(2,3)33-26(31)18-29-17-20-4-8-21(9-5-20)22-10-14-24(15-11-22)32-25(30)16-19-6-12-23(28)13-7-19/h4-9,12-13,22,24,29H,10-11,14-18H2,1-3H3. The molecule has 2 aromatic rings. The maximum Gasteiger partial charge on any atom is 0.320 e. The smallest absolute Gasteiger partial charge is 0.320 e. The molecule has 33 heavy (non-hydrogen) atoms. The first-order valence-electron chi connectivity index (χ1n) is 11.6. The van der Waals surface area contributed by atoms with Crippen molar-refractivity contribution in [3.8, 4) is 0 Å². The predicted octanol–water partition coefficient (Wildman–Crippen LogP) is 5.58. The lowest BCUT2D eigenvalue weighted by atomic mass is 9.82. The van der Waals surface area contributed by atoms with E-state index in [9.17, 15) is 9.59 Å². The first kappa shape index (κ1) is 25.3. The average molecular weight is 472 g/mol. The highest BCUT2D eigenvalue weighted by molar-refractivity contribution is 6.30. The van der Waals surface area contributed by atoms with Crippen LogP contribution in [0, 0.1) is 0 Å². The Balaban J connectivity index is 1.38. The second-order valence-electron chi connectivity index (χ2n) is 9.70. The zero-order valence-corrected chi connectivity index (χ0v) is 20.5. The molecule has 1 saturated carbocycles. The van der Waals surface area contributed by atoms with Crippen molar-refractivity contribution >= 4 is 23.5 Å². The van der Waals surface area contributed by atoms with Crippen LogP contribution < -0.4 is 5.32 Å². The zero-order valence-electron chi connectivity index (χ0n) is 19.7. The van der Waals surface area contributed by atoms with Crippen molar-refractivity contribution in [1.29, 1.82) is 0 Å². The summed E-state index contributed by atoms with van der Waals surface area (Å²) in [7, 11) is 0. The number of carbonyl (C=O) groups excluding carboxylic acids is 2. The van der Waals surface area contributed by atoms with E-state index >= 15 is 0 Å². The van der Waals surface area contributed by atoms with E-state index < -0.39 is 5.60 Å². The maximum atomic E-state index is 12.3. The molecule has 2 aromatic carbocycles. The van der Waals surface area contributed by atoms with Gasteiger partial charge in [0, 0.05) is 11.6 Å². The molecule has 0 aliphatic heterocycles. The minimum Gasteiger partial charge on any atom is -0.462 e. The Bertz CT molecular complexity index is 911. The Morgan fingerprint density at radius 3 is 2.12 bits per heavy atom. The molecule has 3 rings (SSSR count). The van der Waals surface area contributed by atoms with Gasteiger partial charge in [-0.1, -0.05) is 48.0 Å². The normalized spacial score (nSPS) is 18.5. The molecule has 1 aliphatic rings. The number of esters is 2. The number of carbonyl (C=O) groups is 2. The maximum absolute atomic E-state index is 12.3. The molecule has 1 N–H and O–H groups in total. The van der Waals surface area contributed by atoms with Crippen molar-refractivity contribution in [2.24, 2.45) is 0 Å². The fraction of sp³-hybridized carbons (Fsp3) is 0.481. The molecule has 178 valence electrons. The van der Waals surface area contributed by atoms with Crippen LogP contribution >= 0.6 is 11.6 Å². The van der Waals surface area contributed by atoms with Gasteiger partial charge in [-0.3, -0.25) is 9.59 Å². The molecular formula is C27H34ClNO4. The number of ether oxygens (including phenoxy) is 2. The monoisotopic (exact) mass is 471 g/mol. The summed E-state index contributed by atoms with van der Waals surface area (Å²) in [5.41, 5.74) is 2.90. The van der Waals surface area contributed by atoms with Crippen LogP contribution in [-0.4, -0.2) is 30.2 Å². The summed E-state index contributed by atoms with van der Waals surface area (Å²) in [6.45, 7) is 6.41. The third kappa shape index (κ3) is 8.82. The molecule has 6 heteroatoms. The third-order valence-corrected chi connectivity index (χ3v) is 5.96. The lowest BCUT2D eigenvalue weighted by Crippen LogP contribution is -2.31. The van der Waals surface area contributed by atoms with Crippen molar-refractivity contribution in [3.63, 3.8) is 0 Å². The van der Waals surface area contributed by atoms with Crippen LogP contribution in [0.3, 0.4) is 0 Å². The van der Waals surface area contributed by atoms with Crippen LogP contribution in [0.25, 0.3) is 0 Å². The Hall–Kier alpha value is -2.37. The van der Waals surface area contributed by atoms with Gasteiger partial charge in [0.2, 0.25) is 0 Å². The fourth-order valence-electron chi connectivity index (χ4n) is 4.10. The summed E-state index contributed by atoms with van der Waals surface area (Å²) in [4.78, 5) is 24.0. The third-order valence-electron chi connectivity index (χ3n) is 5.70. The average Bonchev–Trinajstić information content (AvgIpc) is 2.75. The van der Waals surface area contributed by atoms with E-state index in [2.05, 4.69) is 29.6 Å². The van der Waals surface area contributed by atoms with E-state index in [1.165, 1.54) is 5.56 Å². The molecule has 0 unspecified atom stereocenters. The number of benzene rings is 2. The molecule has 0 radical (unpaired) electrons. The van der Waals surface area contributed by atoms with Gasteiger partial charge in [-0.2, -0.15) is 0 Å². The summed E-state index contributed by atoms with van der Waals surface area (Å²) < 4.78 is 11.0. The van der Waals surface area contributed by atoms with Gasteiger partial charge >= 0.3 is 11.9 Å². The quantitative estimate of drug-likeness (QED) is 0.509. The summed E-state index contributed by atoms with van der Waals surface area (Å²) in [6, 6.07) is 15.8. The Kier molecular flexibility index (Phi) is 8.93. The minimum absolute atomic E-state index is 0.00243. The highest BCUT2D eigenvalue weighted by Crippen LogP contribution is 2.34. The van der Waals surface area contributed by atoms with Gasteiger partial charge in [0.25, 0.3) is 0 Å². The van der Waals surface area contributed by atoms with Crippen LogP contribution in [0.4, 0.5) is 0 Å². The Morgan fingerprint density at radius 1 is 0.909 bits per heavy atom. The van der Waals surface area contributed by atoms with E-state index in [1.807, 2.05) is 32.9 Å². The molecule has 0 atom stereocenters. The molecule has 0 spiro atoms. The lowest BCUT2D eigenvalue weighted by molar-refractivity contribution is -0.153. The highest BCUT2D eigenvalue weighted by atomic mass is 35.5. The van der Waals surface area contributed by atoms with E-state index in [-0.39, 0.29) is 31.0 Å². The molecule has 0 saturated heterocycles. The van der Waals surface area contributed by atoms with Crippen molar-refractivity contribution in [2.45, 2.75) is 77.0 Å². The van der Waals surface area contributed by atoms with Gasteiger partial charge in [-0.05, 0) is 81.2 Å². The number of hydrogen-bond acceptors (Lipinski definition) is 5. The van der Waals surface area contributed by atoms with Crippen molar-refractivity contribution < 1.29 is 19.1 Å². The summed E-state index contributed by atoms with van der Waals surface area (Å²) in [5.74, 6) is 0.0637. The van der Waals surface area contributed by atoms with Gasteiger partial charge in [0.1, 0.15) is 11.7 Å². The first-order chi connectivity index (χ1) is 15.7. The number of rotatable bonds is 8. The Labute approximate surface area is 201 Å². The zero-order chi connectivity index (χ0) is 23.8. The number of nitrogens with one attached hydrogen (secondary N) is 1. The molecule has 0 aromatic heterocycles. The summed E-state index contributed by atoms with van der Waals surface area (Å²) in [6.07, 6.45) is 4.06. The van der Waals surface area contributed by atoms with Gasteiger partial charge < -0.3 is 14.8 Å². The Morgan fingerprint density at radius 2 is 1.52 bits per heavy atom. The molecular weight excluding hydrogens is 438 g/mol. The largest absolute Gasteiger partial charge is 0.462 e. The molecule has 5 nitrogen and oxygen atoms in total. The van der Waals surface area contributed by atoms with Crippen LogP contribution in [0.15, 0.2) is 48.5 Å². The molecule has 1 aliphatic carbocycles. The molecule has 0 heterocycles. The number of hydrogen-bond donors (Lipinski definition) is 1. The van der Waals surface area contributed by atoms with E-state index in [1.54, 1.807) is 12.1 Å². The van der Waals surface area contributed by atoms with Crippen LogP contribution in [0.2, 0.25) is 5.02 Å². The fourth-order valence-corrected chi connectivity index (χ4v) is 4.23. The van der Waals surface area contributed by atoms with Gasteiger partial charge in [0.15, 0.2) is 0 Å². The second kappa shape index (κ2) is 11.7. The van der Waals surface area contributed by atoms with Gasteiger partial charge in [-0.25, -0.2) is 0 Å². The number of halogens is 1. The van der Waals surface area contributed by atoms with Crippen molar-refractivity contribution in [1.82, 2.24) is 5.32 Å². The van der Waals surface area contributed by atoms with Crippen LogP contribution in [0.5, 0.6) is 0 Å². The predicted molar refractivity (Wildman–Crippen MR) is 130 cm³/mol. The van der Waals surface area contributed by atoms with E-state index in [0.29, 0.717) is 17.5 Å². The summed E-state index contributed by atoms with van der Waals surface area (Å²) in [5, 5.41) is 3.80. The van der Waals surface area contributed by atoms with Crippen LogP contribution in [0.1, 0.15) is 69.1 Å². The highest BCUT2D eigenvalue weighted by Gasteiger charge is 2.25. The van der Waals surface area contributed by atoms with E-state index in [0.717, 1.165) is 36.8 Å². The molecule has 0 bridgehead atoms. The van der Waals surface area contributed by atoms with Crippen molar-refractivity contribution in [2.75, 3.05) is 6.54 Å². The molecule has 0 amide bonds. The SMILES string of the molecule is CC(C)(C)OC(=O)CNCc1ccc(C2CCC(OC(=O)Cc3ccc(Cl)cc3)CC2)cc1. The van der Waals surface area contributed by atoms with Crippen LogP contribution in [-0.2, 0) is 32.0 Å². The first-order valence-corrected chi connectivity index (χ1v) is 12.0. The van der Waals surface area contributed by atoms with Gasteiger partial charge in [0.05, 0.1) is 13.0 Å². The topological polar surface area (TPSA) is 64.6 Å². The van der Waals surface area contributed by atoms with E-state index in [4.69, 9.17) is 21.1 Å². The lowest BCUT2D eigenvalue weighted by Gasteiger charge is -2.28. The van der Waals surface area contributed by atoms with Crippen molar-refractivity contribution in [3.05, 3.63) is 70.2 Å².